The molecule has 1 heterocycles. The predicted octanol–water partition coefficient (Wildman–Crippen LogP) is 1.66. The van der Waals surface area contributed by atoms with Crippen LogP contribution in [0.15, 0.2) is 24.3 Å². The van der Waals surface area contributed by atoms with Crippen LogP contribution >= 0.6 is 0 Å². The summed E-state index contributed by atoms with van der Waals surface area (Å²) in [4.78, 5) is 13.6. The van der Waals surface area contributed by atoms with Gasteiger partial charge in [-0.2, -0.15) is 0 Å². The maximum Gasteiger partial charge on any atom is 0.319 e. The average Bonchev–Trinajstić information content (AvgIpc) is 2.41. The van der Waals surface area contributed by atoms with E-state index in [4.69, 9.17) is 4.74 Å². The van der Waals surface area contributed by atoms with Gasteiger partial charge in [0.05, 0.1) is 13.2 Å². The predicted molar refractivity (Wildman–Crippen MR) is 72.2 cm³/mol. The van der Waals surface area contributed by atoms with E-state index in [9.17, 15) is 4.79 Å². The SMILES string of the molecule is CCNC(=O)Nc1ccc(N2CCOCC2)cc1. The number of anilines is 2. The van der Waals surface area contributed by atoms with Gasteiger partial charge in [0.1, 0.15) is 0 Å². The third-order valence-electron chi connectivity index (χ3n) is 2.84. The van der Waals surface area contributed by atoms with E-state index in [1.165, 1.54) is 5.69 Å². The van der Waals surface area contributed by atoms with Crippen molar-refractivity contribution in [3.63, 3.8) is 0 Å². The highest BCUT2D eigenvalue weighted by Gasteiger charge is 2.10. The maximum absolute atomic E-state index is 11.3. The summed E-state index contributed by atoms with van der Waals surface area (Å²) < 4.78 is 5.32. The van der Waals surface area contributed by atoms with E-state index in [1.54, 1.807) is 0 Å². The average molecular weight is 249 g/mol. The molecule has 0 spiro atoms. The molecule has 1 aromatic rings. The number of amides is 2. The highest BCUT2D eigenvalue weighted by atomic mass is 16.5. The lowest BCUT2D eigenvalue weighted by Gasteiger charge is -2.28. The largest absolute Gasteiger partial charge is 0.378 e. The van der Waals surface area contributed by atoms with Crippen molar-refractivity contribution in [2.24, 2.45) is 0 Å². The molecule has 2 amide bonds. The summed E-state index contributed by atoms with van der Waals surface area (Å²) in [5, 5.41) is 5.47. The van der Waals surface area contributed by atoms with E-state index in [1.807, 2.05) is 31.2 Å². The normalized spacial score (nSPS) is 15.3. The van der Waals surface area contributed by atoms with Gasteiger partial charge in [-0.1, -0.05) is 0 Å². The number of hydrogen-bond donors (Lipinski definition) is 2. The fourth-order valence-electron chi connectivity index (χ4n) is 1.91. The number of morpholine rings is 1. The first-order valence-electron chi connectivity index (χ1n) is 6.27. The smallest absolute Gasteiger partial charge is 0.319 e. The highest BCUT2D eigenvalue weighted by molar-refractivity contribution is 5.89. The molecule has 18 heavy (non-hydrogen) atoms. The molecule has 0 radical (unpaired) electrons. The number of ether oxygens (including phenoxy) is 1. The molecular weight excluding hydrogens is 230 g/mol. The van der Waals surface area contributed by atoms with E-state index >= 15 is 0 Å². The van der Waals surface area contributed by atoms with Gasteiger partial charge in [-0.15, -0.1) is 0 Å². The van der Waals surface area contributed by atoms with Crippen LogP contribution in [0.2, 0.25) is 0 Å². The van der Waals surface area contributed by atoms with Crippen LogP contribution in [-0.4, -0.2) is 38.9 Å². The molecule has 1 saturated heterocycles. The molecule has 0 aliphatic carbocycles. The molecule has 0 atom stereocenters. The molecule has 1 aromatic carbocycles. The van der Waals surface area contributed by atoms with Crippen LogP contribution in [-0.2, 0) is 4.74 Å². The van der Waals surface area contributed by atoms with Gasteiger partial charge >= 0.3 is 6.03 Å². The Labute approximate surface area is 107 Å². The number of rotatable bonds is 3. The topological polar surface area (TPSA) is 53.6 Å². The first kappa shape index (κ1) is 12.7. The summed E-state index contributed by atoms with van der Waals surface area (Å²) in [6, 6.07) is 7.71. The van der Waals surface area contributed by atoms with Crippen LogP contribution in [0.25, 0.3) is 0 Å². The highest BCUT2D eigenvalue weighted by Crippen LogP contribution is 2.18. The molecule has 1 aliphatic rings. The van der Waals surface area contributed by atoms with Crippen molar-refractivity contribution in [3.05, 3.63) is 24.3 Å². The van der Waals surface area contributed by atoms with E-state index in [0.29, 0.717) is 6.54 Å². The summed E-state index contributed by atoms with van der Waals surface area (Å²) in [6.07, 6.45) is 0. The number of nitrogens with one attached hydrogen (secondary N) is 2. The second-order valence-electron chi connectivity index (χ2n) is 4.13. The van der Waals surface area contributed by atoms with Crippen LogP contribution < -0.4 is 15.5 Å². The molecule has 1 fully saturated rings. The third-order valence-corrected chi connectivity index (χ3v) is 2.84. The summed E-state index contributed by atoms with van der Waals surface area (Å²) in [5.41, 5.74) is 1.97. The second-order valence-corrected chi connectivity index (χ2v) is 4.13. The zero-order valence-electron chi connectivity index (χ0n) is 10.6. The summed E-state index contributed by atoms with van der Waals surface area (Å²) in [6.45, 7) is 5.91. The van der Waals surface area contributed by atoms with Gasteiger partial charge in [-0.05, 0) is 31.2 Å². The monoisotopic (exact) mass is 249 g/mol. The fraction of sp³-hybridized carbons (Fsp3) is 0.462. The van der Waals surface area contributed by atoms with Crippen molar-refractivity contribution in [1.82, 2.24) is 5.32 Å². The van der Waals surface area contributed by atoms with E-state index in [0.717, 1.165) is 32.0 Å². The van der Waals surface area contributed by atoms with E-state index < -0.39 is 0 Å². The number of urea groups is 1. The third kappa shape index (κ3) is 3.37. The van der Waals surface area contributed by atoms with Crippen molar-refractivity contribution in [3.8, 4) is 0 Å². The van der Waals surface area contributed by atoms with E-state index in [-0.39, 0.29) is 6.03 Å². The van der Waals surface area contributed by atoms with Crippen LogP contribution in [0.1, 0.15) is 6.92 Å². The Morgan fingerprint density at radius 3 is 2.56 bits per heavy atom. The van der Waals surface area contributed by atoms with Gasteiger partial charge < -0.3 is 20.3 Å². The standard InChI is InChI=1S/C13H19N3O2/c1-2-14-13(17)15-11-3-5-12(6-4-11)16-7-9-18-10-8-16/h3-6H,2,7-10H2,1H3,(H2,14,15,17). The molecule has 2 rings (SSSR count). The first-order chi connectivity index (χ1) is 8.79. The lowest BCUT2D eigenvalue weighted by atomic mass is 10.2. The number of nitrogens with zero attached hydrogens (tertiary/aromatic N) is 1. The van der Waals surface area contributed by atoms with Crippen molar-refractivity contribution < 1.29 is 9.53 Å². The minimum Gasteiger partial charge on any atom is -0.378 e. The zero-order valence-corrected chi connectivity index (χ0v) is 10.6. The molecule has 0 saturated carbocycles. The minimum atomic E-state index is -0.170. The Hall–Kier alpha value is -1.75. The quantitative estimate of drug-likeness (QED) is 0.856. The molecule has 0 aromatic heterocycles. The lowest BCUT2D eigenvalue weighted by molar-refractivity contribution is 0.122. The molecule has 98 valence electrons. The first-order valence-corrected chi connectivity index (χ1v) is 6.27. The van der Waals surface area contributed by atoms with Crippen LogP contribution in [0.4, 0.5) is 16.2 Å². The molecular formula is C13H19N3O2. The molecule has 1 aliphatic heterocycles. The van der Waals surface area contributed by atoms with Crippen molar-refractivity contribution in [2.75, 3.05) is 43.1 Å². The summed E-state index contributed by atoms with van der Waals surface area (Å²) >= 11 is 0. The zero-order chi connectivity index (χ0) is 12.8. The van der Waals surface area contributed by atoms with Crippen LogP contribution in [0.3, 0.4) is 0 Å². The van der Waals surface area contributed by atoms with Crippen LogP contribution in [0, 0.1) is 0 Å². The maximum atomic E-state index is 11.3. The Balaban J connectivity index is 1.94. The van der Waals surface area contributed by atoms with Gasteiger partial charge in [0.15, 0.2) is 0 Å². The van der Waals surface area contributed by atoms with Gasteiger partial charge in [-0.3, -0.25) is 0 Å². The molecule has 5 nitrogen and oxygen atoms in total. The van der Waals surface area contributed by atoms with Gasteiger partial charge in [0, 0.05) is 31.0 Å². The molecule has 0 unspecified atom stereocenters. The van der Waals surface area contributed by atoms with Gasteiger partial charge in [0.25, 0.3) is 0 Å². The van der Waals surface area contributed by atoms with E-state index in [2.05, 4.69) is 15.5 Å². The Morgan fingerprint density at radius 1 is 1.28 bits per heavy atom. The van der Waals surface area contributed by atoms with Gasteiger partial charge in [0.2, 0.25) is 0 Å². The number of carbonyl (C=O) groups is 1. The second kappa shape index (κ2) is 6.26. The number of benzene rings is 1. The number of hydrogen-bond acceptors (Lipinski definition) is 3. The Kier molecular flexibility index (Phi) is 4.41. The minimum absolute atomic E-state index is 0.170. The molecule has 2 N–H and O–H groups in total. The van der Waals surface area contributed by atoms with Crippen molar-refractivity contribution in [2.45, 2.75) is 6.92 Å². The fourth-order valence-corrected chi connectivity index (χ4v) is 1.91. The van der Waals surface area contributed by atoms with Crippen LogP contribution in [0.5, 0.6) is 0 Å². The molecule has 5 heteroatoms. The Bertz CT molecular complexity index is 386. The van der Waals surface area contributed by atoms with Crippen molar-refractivity contribution in [1.29, 1.82) is 0 Å². The Morgan fingerprint density at radius 2 is 1.94 bits per heavy atom. The van der Waals surface area contributed by atoms with Crippen molar-refractivity contribution >= 4 is 17.4 Å². The van der Waals surface area contributed by atoms with Gasteiger partial charge in [-0.25, -0.2) is 4.79 Å². The summed E-state index contributed by atoms with van der Waals surface area (Å²) in [7, 11) is 0. The number of carbonyl (C=O) groups excluding carboxylic acids is 1. The summed E-state index contributed by atoms with van der Waals surface area (Å²) in [5.74, 6) is 0. The lowest BCUT2D eigenvalue weighted by Crippen LogP contribution is -2.36. The molecule has 0 bridgehead atoms.